The molecule has 0 amide bonds. The summed E-state index contributed by atoms with van der Waals surface area (Å²) in [6.07, 6.45) is 3.83. The SMILES string of the molecule is CSc1ccccc1-c1cnc(C)c(-c2nnc(-c3ccccc3)o2)n1. The molecular weight excluding hydrogens is 344 g/mol. The van der Waals surface area contributed by atoms with Crippen LogP contribution in [0.15, 0.2) is 70.1 Å². The Labute approximate surface area is 155 Å². The molecule has 0 unspecified atom stereocenters. The van der Waals surface area contributed by atoms with Gasteiger partial charge in [-0.15, -0.1) is 22.0 Å². The molecule has 0 radical (unpaired) electrons. The molecule has 0 bridgehead atoms. The summed E-state index contributed by atoms with van der Waals surface area (Å²) in [6, 6.07) is 17.8. The highest BCUT2D eigenvalue weighted by Gasteiger charge is 2.16. The minimum Gasteiger partial charge on any atom is -0.415 e. The van der Waals surface area contributed by atoms with E-state index in [0.717, 1.165) is 27.4 Å². The molecular formula is C20H16N4OS. The smallest absolute Gasteiger partial charge is 0.268 e. The van der Waals surface area contributed by atoms with Gasteiger partial charge in [0.2, 0.25) is 5.89 Å². The molecule has 26 heavy (non-hydrogen) atoms. The molecule has 2 aromatic heterocycles. The number of rotatable bonds is 4. The van der Waals surface area contributed by atoms with Gasteiger partial charge in [0.05, 0.1) is 17.6 Å². The third-order valence-corrected chi connectivity index (χ3v) is 4.78. The Hall–Kier alpha value is -2.99. The number of aryl methyl sites for hydroxylation is 1. The molecule has 0 fully saturated rings. The van der Waals surface area contributed by atoms with Gasteiger partial charge in [0.1, 0.15) is 5.69 Å². The van der Waals surface area contributed by atoms with Crippen molar-refractivity contribution in [3.05, 3.63) is 66.5 Å². The summed E-state index contributed by atoms with van der Waals surface area (Å²) in [5.74, 6) is 0.842. The van der Waals surface area contributed by atoms with Gasteiger partial charge >= 0.3 is 0 Å². The van der Waals surface area contributed by atoms with Gasteiger partial charge in [-0.3, -0.25) is 4.98 Å². The Balaban J connectivity index is 1.77. The Morgan fingerprint density at radius 3 is 2.42 bits per heavy atom. The molecule has 0 aliphatic rings. The predicted molar refractivity (Wildman–Crippen MR) is 103 cm³/mol. The standard InChI is InChI=1S/C20H16N4OS/c1-13-18(20-24-23-19(25-20)14-8-4-3-5-9-14)22-16(12-21-13)15-10-6-7-11-17(15)26-2/h3-12H,1-2H3. The van der Waals surface area contributed by atoms with Crippen LogP contribution in [0.3, 0.4) is 0 Å². The highest BCUT2D eigenvalue weighted by atomic mass is 32.2. The molecule has 128 valence electrons. The van der Waals surface area contributed by atoms with Gasteiger partial charge in [0.15, 0.2) is 0 Å². The molecule has 4 rings (SSSR count). The Kier molecular flexibility index (Phi) is 4.50. The number of hydrogen-bond acceptors (Lipinski definition) is 6. The van der Waals surface area contributed by atoms with Crippen molar-refractivity contribution in [1.82, 2.24) is 20.2 Å². The molecule has 0 N–H and O–H groups in total. The zero-order valence-corrected chi connectivity index (χ0v) is 15.2. The van der Waals surface area contributed by atoms with Crippen molar-refractivity contribution < 1.29 is 4.42 Å². The van der Waals surface area contributed by atoms with Crippen LogP contribution in [0.25, 0.3) is 34.3 Å². The zero-order valence-electron chi connectivity index (χ0n) is 14.4. The first kappa shape index (κ1) is 16.5. The van der Waals surface area contributed by atoms with Crippen LogP contribution < -0.4 is 0 Å². The summed E-state index contributed by atoms with van der Waals surface area (Å²) >= 11 is 1.68. The third-order valence-electron chi connectivity index (χ3n) is 3.99. The maximum atomic E-state index is 5.85. The summed E-state index contributed by atoms with van der Waals surface area (Å²) < 4.78 is 5.85. The van der Waals surface area contributed by atoms with Gasteiger partial charge < -0.3 is 4.42 Å². The van der Waals surface area contributed by atoms with E-state index < -0.39 is 0 Å². The fourth-order valence-electron chi connectivity index (χ4n) is 2.65. The van der Waals surface area contributed by atoms with Crippen LogP contribution >= 0.6 is 11.8 Å². The summed E-state index contributed by atoms with van der Waals surface area (Å²) in [7, 11) is 0. The molecule has 0 saturated heterocycles. The van der Waals surface area contributed by atoms with E-state index in [1.807, 2.05) is 61.7 Å². The summed E-state index contributed by atoms with van der Waals surface area (Å²) in [5, 5.41) is 8.33. The highest BCUT2D eigenvalue weighted by Crippen LogP contribution is 2.31. The monoisotopic (exact) mass is 360 g/mol. The number of hydrogen-bond donors (Lipinski definition) is 0. The molecule has 4 aromatic rings. The van der Waals surface area contributed by atoms with Crippen molar-refractivity contribution in [2.75, 3.05) is 6.26 Å². The van der Waals surface area contributed by atoms with E-state index in [4.69, 9.17) is 9.40 Å². The second-order valence-electron chi connectivity index (χ2n) is 5.67. The van der Waals surface area contributed by atoms with Crippen molar-refractivity contribution in [1.29, 1.82) is 0 Å². The van der Waals surface area contributed by atoms with Crippen molar-refractivity contribution in [2.24, 2.45) is 0 Å². The van der Waals surface area contributed by atoms with Crippen LogP contribution in [0.2, 0.25) is 0 Å². The van der Waals surface area contributed by atoms with Crippen molar-refractivity contribution >= 4 is 11.8 Å². The number of nitrogens with zero attached hydrogens (tertiary/aromatic N) is 4. The second kappa shape index (κ2) is 7.09. The minimum absolute atomic E-state index is 0.373. The summed E-state index contributed by atoms with van der Waals surface area (Å²) in [6.45, 7) is 1.89. The molecule has 0 aliphatic heterocycles. The Morgan fingerprint density at radius 1 is 0.885 bits per heavy atom. The minimum atomic E-state index is 0.373. The topological polar surface area (TPSA) is 64.7 Å². The van der Waals surface area contributed by atoms with Crippen LogP contribution in [-0.2, 0) is 0 Å². The maximum absolute atomic E-state index is 5.85. The lowest BCUT2D eigenvalue weighted by atomic mass is 10.1. The van der Waals surface area contributed by atoms with E-state index in [-0.39, 0.29) is 0 Å². The van der Waals surface area contributed by atoms with Crippen molar-refractivity contribution in [3.8, 4) is 34.3 Å². The van der Waals surface area contributed by atoms with E-state index in [1.165, 1.54) is 0 Å². The van der Waals surface area contributed by atoms with Crippen LogP contribution in [0.1, 0.15) is 5.69 Å². The van der Waals surface area contributed by atoms with Crippen LogP contribution in [0.5, 0.6) is 0 Å². The first-order valence-corrected chi connectivity index (χ1v) is 9.35. The maximum Gasteiger partial charge on any atom is 0.268 e. The summed E-state index contributed by atoms with van der Waals surface area (Å²) in [4.78, 5) is 10.4. The van der Waals surface area contributed by atoms with Gasteiger partial charge in [-0.05, 0) is 31.4 Å². The lowest BCUT2D eigenvalue weighted by Crippen LogP contribution is -1.96. The fraction of sp³-hybridized carbons (Fsp3) is 0.100. The largest absolute Gasteiger partial charge is 0.415 e. The molecule has 0 saturated carbocycles. The molecule has 5 nitrogen and oxygen atoms in total. The van der Waals surface area contributed by atoms with Gasteiger partial charge in [-0.1, -0.05) is 36.4 Å². The summed E-state index contributed by atoms with van der Waals surface area (Å²) in [5.41, 5.74) is 4.05. The van der Waals surface area contributed by atoms with Gasteiger partial charge in [-0.25, -0.2) is 4.98 Å². The third kappa shape index (κ3) is 3.11. The average Bonchev–Trinajstić information content (AvgIpc) is 3.19. The first-order chi connectivity index (χ1) is 12.8. The lowest BCUT2D eigenvalue weighted by molar-refractivity contribution is 0.581. The van der Waals surface area contributed by atoms with Crippen LogP contribution in [0.4, 0.5) is 0 Å². The second-order valence-corrected chi connectivity index (χ2v) is 6.52. The predicted octanol–water partition coefficient (Wildman–Crippen LogP) is 4.89. The van der Waals surface area contributed by atoms with Crippen molar-refractivity contribution in [3.63, 3.8) is 0 Å². The molecule has 6 heteroatoms. The van der Waals surface area contributed by atoms with Crippen molar-refractivity contribution in [2.45, 2.75) is 11.8 Å². The van der Waals surface area contributed by atoms with E-state index in [2.05, 4.69) is 21.2 Å². The molecule has 0 spiro atoms. The average molecular weight is 360 g/mol. The highest BCUT2D eigenvalue weighted by molar-refractivity contribution is 7.98. The Bertz CT molecular complexity index is 1050. The van der Waals surface area contributed by atoms with E-state index in [0.29, 0.717) is 17.5 Å². The first-order valence-electron chi connectivity index (χ1n) is 8.12. The normalized spacial score (nSPS) is 10.8. The quantitative estimate of drug-likeness (QED) is 0.483. The zero-order chi connectivity index (χ0) is 17.9. The number of benzene rings is 2. The molecule has 0 aliphatic carbocycles. The van der Waals surface area contributed by atoms with Crippen LogP contribution in [-0.4, -0.2) is 26.4 Å². The van der Waals surface area contributed by atoms with E-state index >= 15 is 0 Å². The Morgan fingerprint density at radius 2 is 1.62 bits per heavy atom. The van der Waals surface area contributed by atoms with Gasteiger partial charge in [-0.2, -0.15) is 0 Å². The molecule has 0 atom stereocenters. The van der Waals surface area contributed by atoms with Crippen LogP contribution in [0, 0.1) is 6.92 Å². The number of aromatic nitrogens is 4. The molecule has 2 aromatic carbocycles. The van der Waals surface area contributed by atoms with Gasteiger partial charge in [0.25, 0.3) is 5.89 Å². The number of thioether (sulfide) groups is 1. The fourth-order valence-corrected chi connectivity index (χ4v) is 3.26. The molecule has 2 heterocycles. The van der Waals surface area contributed by atoms with E-state index in [1.54, 1.807) is 18.0 Å². The van der Waals surface area contributed by atoms with E-state index in [9.17, 15) is 0 Å². The lowest BCUT2D eigenvalue weighted by Gasteiger charge is -2.08. The van der Waals surface area contributed by atoms with Gasteiger partial charge in [0, 0.05) is 16.0 Å².